The van der Waals surface area contributed by atoms with Gasteiger partial charge in [0, 0.05) is 4.90 Å². The van der Waals surface area contributed by atoms with Gasteiger partial charge in [-0.05, 0) is 23.4 Å². The molecular weight excluding hydrogens is 225 g/mol. The van der Waals surface area contributed by atoms with Crippen molar-refractivity contribution in [2.45, 2.75) is 24.1 Å². The maximum atomic E-state index is 12.1. The van der Waals surface area contributed by atoms with Crippen LogP contribution in [0.25, 0.3) is 0 Å². The maximum Gasteiger partial charge on any atom is 0.418 e. The lowest BCUT2D eigenvalue weighted by molar-refractivity contribution is -0.206. The molecular formula is C10H11F3OS. The average molecular weight is 236 g/mol. The molecule has 1 aromatic rings. The minimum Gasteiger partial charge on any atom is -0.379 e. The van der Waals surface area contributed by atoms with Gasteiger partial charge in [-0.15, -0.1) is 11.8 Å². The molecule has 1 atom stereocenters. The largest absolute Gasteiger partial charge is 0.418 e. The summed E-state index contributed by atoms with van der Waals surface area (Å²) in [6, 6.07) is 5.77. The molecule has 1 nitrogen and oxygen atoms in total. The summed E-state index contributed by atoms with van der Waals surface area (Å²) in [6.45, 7) is 1.96. The van der Waals surface area contributed by atoms with Gasteiger partial charge in [-0.3, -0.25) is 0 Å². The molecule has 1 rings (SSSR count). The lowest BCUT2D eigenvalue weighted by atomic mass is 10.1. The summed E-state index contributed by atoms with van der Waals surface area (Å²) in [5.41, 5.74) is -0.122. The number of hydrogen-bond donors (Lipinski definition) is 1. The van der Waals surface area contributed by atoms with Crippen LogP contribution in [0.1, 0.15) is 18.6 Å². The van der Waals surface area contributed by atoms with Crippen LogP contribution in [-0.4, -0.2) is 17.0 Å². The van der Waals surface area contributed by atoms with Crippen molar-refractivity contribution in [3.63, 3.8) is 0 Å². The Morgan fingerprint density at radius 3 is 2.20 bits per heavy atom. The second-order valence-electron chi connectivity index (χ2n) is 2.95. The van der Waals surface area contributed by atoms with Gasteiger partial charge in [-0.1, -0.05) is 19.1 Å². The van der Waals surface area contributed by atoms with E-state index in [0.717, 1.165) is 10.6 Å². The van der Waals surface area contributed by atoms with Crippen molar-refractivity contribution in [2.75, 3.05) is 5.75 Å². The zero-order valence-electron chi connectivity index (χ0n) is 8.08. The molecule has 0 saturated heterocycles. The van der Waals surface area contributed by atoms with Crippen molar-refractivity contribution in [1.82, 2.24) is 0 Å². The fourth-order valence-corrected chi connectivity index (χ4v) is 1.76. The van der Waals surface area contributed by atoms with Crippen molar-refractivity contribution >= 4 is 11.8 Å². The number of alkyl halides is 3. The first-order valence-corrected chi connectivity index (χ1v) is 5.41. The predicted octanol–water partition coefficient (Wildman–Crippen LogP) is 3.39. The molecule has 0 spiro atoms. The van der Waals surface area contributed by atoms with E-state index in [1.165, 1.54) is 12.1 Å². The van der Waals surface area contributed by atoms with Crippen LogP contribution in [0.2, 0.25) is 0 Å². The van der Waals surface area contributed by atoms with Crippen molar-refractivity contribution in [1.29, 1.82) is 0 Å². The summed E-state index contributed by atoms with van der Waals surface area (Å²) < 4.78 is 36.4. The number of halogens is 3. The summed E-state index contributed by atoms with van der Waals surface area (Å²) in [4.78, 5) is 0.899. The van der Waals surface area contributed by atoms with Crippen molar-refractivity contribution in [3.8, 4) is 0 Å². The third-order valence-corrected chi connectivity index (χ3v) is 2.71. The minimum atomic E-state index is -4.60. The van der Waals surface area contributed by atoms with Gasteiger partial charge in [0.05, 0.1) is 0 Å². The van der Waals surface area contributed by atoms with Gasteiger partial charge in [-0.25, -0.2) is 0 Å². The molecule has 84 valence electrons. The summed E-state index contributed by atoms with van der Waals surface area (Å²) in [6.07, 6.45) is -6.99. The van der Waals surface area contributed by atoms with E-state index in [4.69, 9.17) is 5.11 Å². The number of thioether (sulfide) groups is 1. The van der Waals surface area contributed by atoms with E-state index in [2.05, 4.69) is 0 Å². The fourth-order valence-electron chi connectivity index (χ4n) is 1.10. The highest BCUT2D eigenvalue weighted by Crippen LogP contribution is 2.33. The van der Waals surface area contributed by atoms with Gasteiger partial charge < -0.3 is 5.11 Å². The number of benzene rings is 1. The zero-order chi connectivity index (χ0) is 11.5. The van der Waals surface area contributed by atoms with Crippen LogP contribution in [-0.2, 0) is 0 Å². The standard InChI is InChI=1S/C10H11F3OS/c1-2-15-8-5-3-7(4-6-8)9(14)10(11,12)13/h3-6,9,14H,2H2,1H3/t9-/m1/s1. The van der Waals surface area contributed by atoms with Gasteiger partial charge in [0.1, 0.15) is 0 Å². The Labute approximate surface area is 90.3 Å². The van der Waals surface area contributed by atoms with Crippen LogP contribution in [0.4, 0.5) is 13.2 Å². The molecule has 0 heterocycles. The van der Waals surface area contributed by atoms with Crippen LogP contribution in [0.3, 0.4) is 0 Å². The monoisotopic (exact) mass is 236 g/mol. The minimum absolute atomic E-state index is 0.122. The van der Waals surface area contributed by atoms with Crippen molar-refractivity contribution in [3.05, 3.63) is 29.8 Å². The first-order valence-electron chi connectivity index (χ1n) is 4.42. The molecule has 0 aliphatic rings. The zero-order valence-corrected chi connectivity index (χ0v) is 8.90. The number of aliphatic hydroxyl groups is 1. The molecule has 1 N–H and O–H groups in total. The maximum absolute atomic E-state index is 12.1. The van der Waals surface area contributed by atoms with Gasteiger partial charge >= 0.3 is 6.18 Å². The fraction of sp³-hybridized carbons (Fsp3) is 0.400. The van der Waals surface area contributed by atoms with Crippen LogP contribution in [0, 0.1) is 0 Å². The van der Waals surface area contributed by atoms with Crippen LogP contribution in [0.15, 0.2) is 29.2 Å². The first-order chi connectivity index (χ1) is 6.95. The molecule has 1 aromatic carbocycles. The molecule has 0 fully saturated rings. The third kappa shape index (κ3) is 3.43. The van der Waals surface area contributed by atoms with E-state index in [9.17, 15) is 13.2 Å². The molecule has 0 unspecified atom stereocenters. The number of rotatable bonds is 3. The highest BCUT2D eigenvalue weighted by Gasteiger charge is 2.39. The lowest BCUT2D eigenvalue weighted by Gasteiger charge is -2.14. The number of aliphatic hydroxyl groups excluding tert-OH is 1. The quantitative estimate of drug-likeness (QED) is 0.812. The van der Waals surface area contributed by atoms with Gasteiger partial charge in [0.25, 0.3) is 0 Å². The lowest BCUT2D eigenvalue weighted by Crippen LogP contribution is -2.19. The number of hydrogen-bond acceptors (Lipinski definition) is 2. The van der Waals surface area contributed by atoms with E-state index in [1.54, 1.807) is 23.9 Å². The molecule has 0 aliphatic carbocycles. The van der Waals surface area contributed by atoms with Gasteiger partial charge in [0.15, 0.2) is 6.10 Å². The van der Waals surface area contributed by atoms with E-state index >= 15 is 0 Å². The smallest absolute Gasteiger partial charge is 0.379 e. The molecule has 0 saturated carbocycles. The van der Waals surface area contributed by atoms with Crippen molar-refractivity contribution in [2.24, 2.45) is 0 Å². The molecule has 0 aromatic heterocycles. The van der Waals surface area contributed by atoms with Gasteiger partial charge in [-0.2, -0.15) is 13.2 Å². The summed E-state index contributed by atoms with van der Waals surface area (Å²) in [7, 11) is 0. The summed E-state index contributed by atoms with van der Waals surface area (Å²) >= 11 is 1.54. The van der Waals surface area contributed by atoms with E-state index < -0.39 is 12.3 Å². The first kappa shape index (κ1) is 12.4. The third-order valence-electron chi connectivity index (χ3n) is 1.82. The summed E-state index contributed by atoms with van der Waals surface area (Å²) in [5.74, 6) is 0.862. The molecule has 0 radical (unpaired) electrons. The predicted molar refractivity (Wildman–Crippen MR) is 53.9 cm³/mol. The van der Waals surface area contributed by atoms with E-state index in [1.807, 2.05) is 6.92 Å². The SMILES string of the molecule is CCSc1ccc([C@@H](O)C(F)(F)F)cc1. The average Bonchev–Trinajstić information content (AvgIpc) is 2.17. The Balaban J connectivity index is 2.80. The highest BCUT2D eigenvalue weighted by molar-refractivity contribution is 7.99. The Hall–Kier alpha value is -0.680. The molecule has 0 aliphatic heterocycles. The molecule has 5 heteroatoms. The normalized spacial score (nSPS) is 13.9. The highest BCUT2D eigenvalue weighted by atomic mass is 32.2. The van der Waals surface area contributed by atoms with Crippen LogP contribution < -0.4 is 0 Å². The van der Waals surface area contributed by atoms with Crippen LogP contribution >= 0.6 is 11.8 Å². The molecule has 0 bridgehead atoms. The van der Waals surface area contributed by atoms with Crippen molar-refractivity contribution < 1.29 is 18.3 Å². The molecule has 0 amide bonds. The summed E-state index contributed by atoms with van der Waals surface area (Å²) in [5, 5.41) is 8.95. The molecule has 15 heavy (non-hydrogen) atoms. The Bertz CT molecular complexity index is 307. The second kappa shape index (κ2) is 4.90. The van der Waals surface area contributed by atoms with Crippen LogP contribution in [0.5, 0.6) is 0 Å². The van der Waals surface area contributed by atoms with E-state index in [-0.39, 0.29) is 5.56 Å². The Morgan fingerprint density at radius 2 is 1.80 bits per heavy atom. The second-order valence-corrected chi connectivity index (χ2v) is 4.28. The Morgan fingerprint density at radius 1 is 1.27 bits per heavy atom. The van der Waals surface area contributed by atoms with Gasteiger partial charge in [0.2, 0.25) is 0 Å². The topological polar surface area (TPSA) is 20.2 Å². The van der Waals surface area contributed by atoms with E-state index in [0.29, 0.717) is 0 Å². The Kier molecular flexibility index (Phi) is 4.04.